The fourth-order valence-electron chi connectivity index (χ4n) is 13.1. The number of unbranched alkanes of at least 4 members (excludes halogenated alkanes) is 2. The molecule has 0 fully saturated rings. The quantitative estimate of drug-likeness (QED) is 0.00989. The van der Waals surface area contributed by atoms with Crippen molar-refractivity contribution in [3.63, 3.8) is 0 Å². The molecule has 0 aliphatic rings. The first-order valence-electron chi connectivity index (χ1n) is 40.3. The Labute approximate surface area is 783 Å². The molecule has 0 saturated heterocycles. The number of amides is 3. The normalized spacial score (nSPS) is 11.0. The van der Waals surface area contributed by atoms with E-state index in [1.807, 2.05) is 197 Å². The van der Waals surface area contributed by atoms with Gasteiger partial charge in [0.25, 0.3) is 17.7 Å². The van der Waals surface area contributed by atoms with Gasteiger partial charge in [-0.2, -0.15) is 15.3 Å². The maximum atomic E-state index is 13.4. The summed E-state index contributed by atoms with van der Waals surface area (Å²) in [5.74, 6) is -0.848. The maximum absolute atomic E-state index is 13.4. The topological polar surface area (TPSA) is 354 Å². The third kappa shape index (κ3) is 31.2. The molecule has 9 aromatic carbocycles. The van der Waals surface area contributed by atoms with Crippen molar-refractivity contribution in [2.75, 3.05) is 29.0 Å². The second-order valence-corrected chi connectivity index (χ2v) is 31.0. The van der Waals surface area contributed by atoms with Gasteiger partial charge in [-0.05, 0) is 230 Å². The molecule has 15 rings (SSSR count). The van der Waals surface area contributed by atoms with Crippen molar-refractivity contribution >= 4 is 85.2 Å². The number of anilines is 3. The number of aryl methyl sites for hydroxylation is 3. The minimum atomic E-state index is -1.67. The number of aromatic nitrogens is 9. The molecule has 645 valence electrons. The number of pyridine rings is 3. The summed E-state index contributed by atoms with van der Waals surface area (Å²) in [6, 6.07) is 91.4. The molecule has 0 aliphatic carbocycles. The van der Waals surface area contributed by atoms with E-state index in [2.05, 4.69) is 124 Å². The zero-order valence-corrected chi connectivity index (χ0v) is 75.7. The molecule has 3 amide bonds. The minimum absolute atomic E-state index is 0. The van der Waals surface area contributed by atoms with Gasteiger partial charge in [0, 0.05) is 110 Å². The van der Waals surface area contributed by atoms with Gasteiger partial charge in [-0.25, -0.2) is 27.9 Å². The number of aliphatic hydroxyl groups is 1. The number of carbonyl (C=O) groups excluding carboxylic acids is 3. The van der Waals surface area contributed by atoms with Crippen LogP contribution in [0.3, 0.4) is 0 Å². The minimum Gasteiger partial charge on any atom is -1.00 e. The monoisotopic (exact) mass is 1770 g/mol. The molecule has 6 aromatic heterocycles. The average molecular weight is 1770 g/mol. The molecule has 0 bridgehead atoms. The molecule has 128 heavy (non-hydrogen) atoms. The van der Waals surface area contributed by atoms with Gasteiger partial charge in [-0.3, -0.25) is 29.3 Å². The molecule has 30 heteroatoms. The van der Waals surface area contributed by atoms with E-state index in [0.29, 0.717) is 100 Å². The van der Waals surface area contributed by atoms with E-state index in [4.69, 9.17) is 40.3 Å². The molecule has 0 saturated carbocycles. The number of rotatable bonds is 27. The molecule has 15 aromatic rings. The van der Waals surface area contributed by atoms with Crippen LogP contribution in [0.4, 0.5) is 28.4 Å². The third-order valence-electron chi connectivity index (χ3n) is 19.2. The number of aliphatic hydroxyl groups excluding tert-OH is 1. The predicted octanol–water partition coefficient (Wildman–Crippen LogP) is 14.9. The Morgan fingerprint density at radius 2 is 0.711 bits per heavy atom. The van der Waals surface area contributed by atoms with Gasteiger partial charge in [0.15, 0.2) is 11.4 Å². The van der Waals surface area contributed by atoms with Crippen molar-refractivity contribution in [3.05, 3.63) is 441 Å². The van der Waals surface area contributed by atoms with Crippen molar-refractivity contribution in [2.45, 2.75) is 84.4 Å². The number of benzene rings is 9. The van der Waals surface area contributed by atoms with Gasteiger partial charge >= 0.3 is 29.6 Å². The van der Waals surface area contributed by atoms with Gasteiger partial charge in [0.05, 0.1) is 59.4 Å². The van der Waals surface area contributed by atoms with Crippen molar-refractivity contribution in [2.24, 2.45) is 22.9 Å². The van der Waals surface area contributed by atoms with E-state index >= 15 is 0 Å². The maximum Gasteiger partial charge on any atom is 1.00 e. The first kappa shape index (κ1) is 100. The van der Waals surface area contributed by atoms with Gasteiger partial charge in [-0.1, -0.05) is 170 Å². The van der Waals surface area contributed by atoms with Gasteiger partial charge in [-0.15, -0.1) is 0 Å². The molecule has 0 aliphatic heterocycles. The van der Waals surface area contributed by atoms with E-state index in [9.17, 15) is 19.5 Å². The summed E-state index contributed by atoms with van der Waals surface area (Å²) >= 11 is 0. The zero-order chi connectivity index (χ0) is 89.4. The summed E-state index contributed by atoms with van der Waals surface area (Å²) in [6.07, 6.45) is 13.3. The summed E-state index contributed by atoms with van der Waals surface area (Å²) < 4.78 is 13.9. The van der Waals surface area contributed by atoms with E-state index in [1.165, 1.54) is 11.1 Å². The van der Waals surface area contributed by atoms with Crippen LogP contribution in [0.2, 0.25) is 0 Å². The Kier molecular flexibility index (Phi) is 41.9. The van der Waals surface area contributed by atoms with Crippen LogP contribution >= 0.6 is 21.4 Å². The van der Waals surface area contributed by atoms with Crippen LogP contribution in [0.1, 0.15) is 143 Å². The number of nitrogens with zero attached hydrogens (tertiary/aromatic N) is 11. The third-order valence-corrected chi connectivity index (χ3v) is 19.2. The first-order chi connectivity index (χ1) is 61.3. The SMILES string of the molecule is Cc1cc(C(=O)Nc2cccc(C(NCc3ccncc3)c3ccccc3)c2)n(-c2cccc(CN)c2)n1.NCCCCCN.NCc1ccncc1.O=S(Cl)Cl.[B].[C-]#[N+]c1cccc(-n2nc(C)cc2C(=O)Nc2cccc(C(NCc3ccncc3)c3ccccc3)c2)c1.[C-]#[N+]c1cccc(-n2nc(C)cc2C(=O)Nc2cccc(C(O)c3ccccc3)c2)c1.[H-].[Na+]. The zero-order valence-electron chi connectivity index (χ0n) is 72.3. The number of halogens is 2. The first-order valence-corrected chi connectivity index (χ1v) is 43.1. The molecule has 3 radical (unpaired) electrons. The number of carbonyl (C=O) groups is 3. The van der Waals surface area contributed by atoms with Crippen LogP contribution in [0, 0.1) is 33.9 Å². The molecule has 0 spiro atoms. The molecule has 25 nitrogen and oxygen atoms in total. The van der Waals surface area contributed by atoms with Crippen LogP contribution in [-0.2, 0) is 35.4 Å². The number of nitrogens with two attached hydrogens (primary N) is 4. The van der Waals surface area contributed by atoms with Crippen molar-refractivity contribution in [1.82, 2.24) is 54.9 Å². The standard InChI is InChI=1S/C31H26N6O.C31H30N6O.C25H20N4O2.C6H8N2.C5H14N2.B.Cl2OS.Na.H/c1-22-18-29(37(36-22)28-13-7-11-26(20-28)32-2)31(38)35-27-12-6-10-25(19-27)30(24-8-4-3-5-9-24)34-21-23-14-16-33-17-15-23;1-22-17-29(37(36-22)28-12-5-7-24(18-28)20-32)31(38)35-27-11-6-10-26(19-27)30(25-8-3-2-4-9-25)34-21-23-13-15-33-16-14-23;1-17-14-23(29(28-17)22-13-7-11-20(16-22)26-2)25(31)27-21-12-6-10-19(15-21)24(30)18-8-4-3-5-9-18;7-5-6-1-3-8-4-2-6;6-4-2-1-3-5-7;;1-4(2)3;;/h3-20,30,34H,21H2,1H3,(H,35,38);2-19,30,34H,20-21,32H2,1H3,(H,35,38);3-16,24,30H,1H3,(H,27,31);1-4H,5,7H2;1-7H2;;;;/q;;;;;;;+1;-1. The number of hydrogen-bond donors (Lipinski definition) is 10. The van der Waals surface area contributed by atoms with Crippen molar-refractivity contribution in [1.29, 1.82) is 0 Å². The van der Waals surface area contributed by atoms with Gasteiger partial charge in [0.1, 0.15) is 23.2 Å². The summed E-state index contributed by atoms with van der Waals surface area (Å²) in [6.45, 7) is 24.0. The molecular weight excluding hydrogens is 1670 g/mol. The summed E-state index contributed by atoms with van der Waals surface area (Å²) in [5, 5.41) is 40.4. The fourth-order valence-corrected chi connectivity index (χ4v) is 13.1. The van der Waals surface area contributed by atoms with Crippen LogP contribution in [0.25, 0.3) is 26.8 Å². The average Bonchev–Trinajstić information content (AvgIpc) is 1.66. The number of nitrogens with one attached hydrogen (secondary N) is 5. The molecule has 14 N–H and O–H groups in total. The van der Waals surface area contributed by atoms with Crippen LogP contribution < -0.4 is 79.1 Å². The largest absolute Gasteiger partial charge is 1.00 e. The van der Waals surface area contributed by atoms with Crippen LogP contribution in [0.15, 0.2) is 328 Å². The Hall–Kier alpha value is -13.0. The summed E-state index contributed by atoms with van der Waals surface area (Å²) in [7, 11) is 7.36. The van der Waals surface area contributed by atoms with Crippen molar-refractivity contribution < 1.29 is 54.7 Å². The van der Waals surface area contributed by atoms with Crippen LogP contribution in [0.5, 0.6) is 0 Å². The summed E-state index contributed by atoms with van der Waals surface area (Å²) in [4.78, 5) is 58.8. The van der Waals surface area contributed by atoms with Crippen LogP contribution in [-0.4, -0.2) is 92.8 Å². The van der Waals surface area contributed by atoms with E-state index in [0.717, 1.165) is 87.4 Å². The fraction of sp³-hybridized carbons (Fsp3) is 0.153. The van der Waals surface area contributed by atoms with Gasteiger partial charge < -0.3 is 56.1 Å². The molecule has 3 atom stereocenters. The molecular formula is C98H99BCl2N20NaO5S. The number of hydrogen-bond acceptors (Lipinski definition) is 17. The van der Waals surface area contributed by atoms with Crippen molar-refractivity contribution in [3.8, 4) is 17.1 Å². The second-order valence-electron chi connectivity index (χ2n) is 28.5. The Balaban J connectivity index is 0.000000238. The molecule has 3 unspecified atom stereocenters. The Morgan fingerprint density at radius 1 is 0.398 bits per heavy atom. The second kappa shape index (κ2) is 53.4. The summed E-state index contributed by atoms with van der Waals surface area (Å²) in [5.41, 5.74) is 40.1. The predicted molar refractivity (Wildman–Crippen MR) is 509 cm³/mol. The van der Waals surface area contributed by atoms with E-state index in [1.54, 1.807) is 125 Å². The Bertz CT molecular complexity index is 6080. The van der Waals surface area contributed by atoms with E-state index in [-0.39, 0.29) is 69.2 Å². The molecule has 6 heterocycles. The smallest absolute Gasteiger partial charge is 1.00 e. The van der Waals surface area contributed by atoms with E-state index < -0.39 is 15.3 Å². The van der Waals surface area contributed by atoms with Gasteiger partial charge in [0.2, 0.25) is 9.23 Å². The Morgan fingerprint density at radius 3 is 1.05 bits per heavy atom.